The molecule has 0 aliphatic rings. The highest BCUT2D eigenvalue weighted by Gasteiger charge is 2.18. The Balaban J connectivity index is 2.64. The van der Waals surface area contributed by atoms with Gasteiger partial charge in [-0.2, -0.15) is 0 Å². The lowest BCUT2D eigenvalue weighted by Crippen LogP contribution is -2.25. The molecule has 0 aliphatic carbocycles. The third kappa shape index (κ3) is 5.33. The Kier molecular flexibility index (Phi) is 5.40. The van der Waals surface area contributed by atoms with E-state index in [0.717, 1.165) is 12.8 Å². The molecule has 0 atom stereocenters. The van der Waals surface area contributed by atoms with Gasteiger partial charge in [-0.3, -0.25) is 0 Å². The van der Waals surface area contributed by atoms with E-state index in [0.29, 0.717) is 11.7 Å². The first kappa shape index (κ1) is 15.5. The van der Waals surface area contributed by atoms with Crippen LogP contribution in [0.3, 0.4) is 0 Å². The summed E-state index contributed by atoms with van der Waals surface area (Å²) in [6.07, 6.45) is 1.56. The van der Waals surface area contributed by atoms with E-state index in [1.54, 1.807) is 0 Å². The van der Waals surface area contributed by atoms with E-state index in [4.69, 9.17) is 9.47 Å². The van der Waals surface area contributed by atoms with Crippen LogP contribution in [0.15, 0.2) is 24.3 Å². The van der Waals surface area contributed by atoms with Crippen LogP contribution in [-0.2, 0) is 4.74 Å². The van der Waals surface area contributed by atoms with Crippen LogP contribution < -0.4 is 4.74 Å². The van der Waals surface area contributed by atoms with Gasteiger partial charge >= 0.3 is 6.16 Å². The molecule has 19 heavy (non-hydrogen) atoms. The fourth-order valence-corrected chi connectivity index (χ4v) is 1.94. The molecular weight excluding hydrogens is 240 g/mol. The molecule has 1 aromatic rings. The van der Waals surface area contributed by atoms with Crippen molar-refractivity contribution in [3.05, 3.63) is 29.8 Å². The zero-order chi connectivity index (χ0) is 14.5. The van der Waals surface area contributed by atoms with Crippen molar-refractivity contribution in [1.29, 1.82) is 0 Å². The minimum absolute atomic E-state index is 0.518. The molecule has 106 valence electrons. The summed E-state index contributed by atoms with van der Waals surface area (Å²) in [4.78, 5) is 11.5. The van der Waals surface area contributed by atoms with Crippen LogP contribution in [0.25, 0.3) is 0 Å². The van der Waals surface area contributed by atoms with Gasteiger partial charge in [-0.1, -0.05) is 26.0 Å². The molecule has 0 amide bonds. The molecule has 0 fully saturated rings. The fraction of sp³-hybridized carbons (Fsp3) is 0.562. The van der Waals surface area contributed by atoms with E-state index in [2.05, 4.69) is 13.8 Å². The van der Waals surface area contributed by atoms with Gasteiger partial charge in [-0.25, -0.2) is 4.79 Å². The van der Waals surface area contributed by atoms with E-state index in [1.165, 1.54) is 5.56 Å². The van der Waals surface area contributed by atoms with Crippen LogP contribution in [0.4, 0.5) is 4.79 Å². The first-order chi connectivity index (χ1) is 8.85. The van der Waals surface area contributed by atoms with Gasteiger partial charge in [-0.05, 0) is 57.2 Å². The predicted octanol–water partition coefficient (Wildman–Crippen LogP) is 4.90. The second kappa shape index (κ2) is 6.60. The number of carbonyl (C=O) groups excluding carboxylic acids is 1. The van der Waals surface area contributed by atoms with Gasteiger partial charge in [0.1, 0.15) is 11.4 Å². The van der Waals surface area contributed by atoms with Crippen molar-refractivity contribution in [1.82, 2.24) is 0 Å². The van der Waals surface area contributed by atoms with Gasteiger partial charge in [0, 0.05) is 0 Å². The first-order valence-corrected chi connectivity index (χ1v) is 6.86. The number of ether oxygens (including phenoxy) is 2. The van der Waals surface area contributed by atoms with Crippen LogP contribution in [0.5, 0.6) is 5.75 Å². The third-order valence-electron chi connectivity index (χ3n) is 2.93. The lowest BCUT2D eigenvalue weighted by molar-refractivity contribution is 0.0206. The molecule has 0 saturated carbocycles. The van der Waals surface area contributed by atoms with Gasteiger partial charge < -0.3 is 9.47 Å². The highest BCUT2D eigenvalue weighted by atomic mass is 16.7. The molecule has 1 rings (SSSR count). The molecule has 0 aliphatic heterocycles. The average Bonchev–Trinajstić information content (AvgIpc) is 2.30. The van der Waals surface area contributed by atoms with E-state index < -0.39 is 11.8 Å². The summed E-state index contributed by atoms with van der Waals surface area (Å²) in [6.45, 7) is 9.79. The van der Waals surface area contributed by atoms with E-state index >= 15 is 0 Å². The molecule has 0 aromatic heterocycles. The molecule has 0 N–H and O–H groups in total. The van der Waals surface area contributed by atoms with Crippen molar-refractivity contribution >= 4 is 6.16 Å². The Morgan fingerprint density at radius 1 is 1.11 bits per heavy atom. The Morgan fingerprint density at radius 2 is 1.63 bits per heavy atom. The van der Waals surface area contributed by atoms with Gasteiger partial charge in [0.15, 0.2) is 0 Å². The SMILES string of the molecule is CCC(CC)c1ccc(OC(=O)OC(C)(C)C)cc1. The first-order valence-electron chi connectivity index (χ1n) is 6.86. The number of hydrogen-bond donors (Lipinski definition) is 0. The third-order valence-corrected chi connectivity index (χ3v) is 2.93. The molecule has 0 radical (unpaired) electrons. The number of hydrogen-bond acceptors (Lipinski definition) is 3. The second-order valence-corrected chi connectivity index (χ2v) is 5.65. The monoisotopic (exact) mass is 264 g/mol. The summed E-state index contributed by atoms with van der Waals surface area (Å²) in [7, 11) is 0. The summed E-state index contributed by atoms with van der Waals surface area (Å²) in [5, 5.41) is 0. The van der Waals surface area contributed by atoms with Crippen LogP contribution in [0.1, 0.15) is 58.9 Å². The highest BCUT2D eigenvalue weighted by molar-refractivity contribution is 5.64. The number of benzene rings is 1. The average molecular weight is 264 g/mol. The lowest BCUT2D eigenvalue weighted by Gasteiger charge is -2.19. The minimum Gasteiger partial charge on any atom is -0.428 e. The fourth-order valence-electron chi connectivity index (χ4n) is 1.94. The Morgan fingerprint density at radius 3 is 2.05 bits per heavy atom. The van der Waals surface area contributed by atoms with Crippen LogP contribution in [0, 0.1) is 0 Å². The molecule has 0 bridgehead atoms. The Labute approximate surface area is 115 Å². The van der Waals surface area contributed by atoms with Crippen LogP contribution >= 0.6 is 0 Å². The topological polar surface area (TPSA) is 35.5 Å². The van der Waals surface area contributed by atoms with Crippen molar-refractivity contribution in [2.45, 2.75) is 59.0 Å². The Bertz CT molecular complexity index is 397. The number of carbonyl (C=O) groups is 1. The molecular formula is C16H24O3. The molecule has 3 heteroatoms. The minimum atomic E-state index is -0.664. The van der Waals surface area contributed by atoms with Gasteiger partial charge in [-0.15, -0.1) is 0 Å². The predicted molar refractivity (Wildman–Crippen MR) is 76.6 cm³/mol. The maximum absolute atomic E-state index is 11.5. The van der Waals surface area contributed by atoms with Crippen molar-refractivity contribution in [3.8, 4) is 5.75 Å². The molecule has 0 unspecified atom stereocenters. The van der Waals surface area contributed by atoms with Crippen molar-refractivity contribution in [3.63, 3.8) is 0 Å². The molecule has 0 spiro atoms. The summed E-state index contributed by atoms with van der Waals surface area (Å²) >= 11 is 0. The van der Waals surface area contributed by atoms with Gasteiger partial charge in [0.2, 0.25) is 0 Å². The zero-order valence-corrected chi connectivity index (χ0v) is 12.5. The maximum Gasteiger partial charge on any atom is 0.514 e. The number of rotatable bonds is 4. The van der Waals surface area contributed by atoms with Gasteiger partial charge in [0.05, 0.1) is 0 Å². The summed E-state index contributed by atoms with van der Waals surface area (Å²) in [6, 6.07) is 7.66. The second-order valence-electron chi connectivity index (χ2n) is 5.65. The normalized spacial score (nSPS) is 11.5. The standard InChI is InChI=1S/C16H24O3/c1-6-12(7-2)13-8-10-14(11-9-13)18-15(17)19-16(3,4)5/h8-12H,6-7H2,1-5H3. The van der Waals surface area contributed by atoms with Gasteiger partial charge in [0.25, 0.3) is 0 Å². The van der Waals surface area contributed by atoms with Crippen molar-refractivity contribution in [2.75, 3.05) is 0 Å². The molecule has 3 nitrogen and oxygen atoms in total. The largest absolute Gasteiger partial charge is 0.514 e. The van der Waals surface area contributed by atoms with Crippen molar-refractivity contribution < 1.29 is 14.3 Å². The summed E-state index contributed by atoms with van der Waals surface area (Å²) < 4.78 is 10.2. The van der Waals surface area contributed by atoms with Crippen LogP contribution in [-0.4, -0.2) is 11.8 Å². The molecule has 0 saturated heterocycles. The molecule has 0 heterocycles. The highest BCUT2D eigenvalue weighted by Crippen LogP contribution is 2.25. The van der Waals surface area contributed by atoms with E-state index in [-0.39, 0.29) is 0 Å². The van der Waals surface area contributed by atoms with E-state index in [9.17, 15) is 4.79 Å². The lowest BCUT2D eigenvalue weighted by atomic mass is 9.94. The molecule has 1 aromatic carbocycles. The summed E-state index contributed by atoms with van der Waals surface area (Å²) in [5.41, 5.74) is 0.744. The Hall–Kier alpha value is -1.51. The smallest absolute Gasteiger partial charge is 0.428 e. The van der Waals surface area contributed by atoms with E-state index in [1.807, 2.05) is 45.0 Å². The quantitative estimate of drug-likeness (QED) is 0.573. The zero-order valence-electron chi connectivity index (χ0n) is 12.5. The summed E-state index contributed by atoms with van der Waals surface area (Å²) in [5.74, 6) is 1.08. The maximum atomic E-state index is 11.5. The van der Waals surface area contributed by atoms with Crippen LogP contribution in [0.2, 0.25) is 0 Å². The van der Waals surface area contributed by atoms with Crippen molar-refractivity contribution in [2.24, 2.45) is 0 Å².